The number of aliphatic hydroxyl groups excluding tert-OH is 1. The van der Waals surface area contributed by atoms with E-state index in [1.54, 1.807) is 34.1 Å². The van der Waals surface area contributed by atoms with E-state index in [1.165, 1.54) is 0 Å². The van der Waals surface area contributed by atoms with E-state index >= 15 is 0 Å². The number of hydrogen-bond donors (Lipinski definition) is 3. The van der Waals surface area contributed by atoms with Gasteiger partial charge < -0.3 is 16.2 Å². The largest absolute Gasteiger partial charge is 0.396 e. The van der Waals surface area contributed by atoms with Gasteiger partial charge in [0.2, 0.25) is 0 Å². The molecule has 0 saturated heterocycles. The first-order valence-corrected chi connectivity index (χ1v) is 9.16. The van der Waals surface area contributed by atoms with Crippen molar-refractivity contribution in [1.29, 1.82) is 0 Å². The van der Waals surface area contributed by atoms with Crippen LogP contribution in [0.15, 0.2) is 35.2 Å². The van der Waals surface area contributed by atoms with Crippen molar-refractivity contribution in [3.8, 4) is 11.3 Å². The van der Waals surface area contributed by atoms with Gasteiger partial charge in [-0.05, 0) is 35.9 Å². The number of rotatable bonds is 6. The maximum Gasteiger partial charge on any atom is 0.270 e. The third kappa shape index (κ3) is 3.52. The van der Waals surface area contributed by atoms with Gasteiger partial charge in [0, 0.05) is 17.1 Å². The van der Waals surface area contributed by atoms with Gasteiger partial charge >= 0.3 is 0 Å². The molecule has 6 nitrogen and oxygen atoms in total. The van der Waals surface area contributed by atoms with E-state index < -0.39 is 0 Å². The number of pyridine rings is 1. The zero-order valence-corrected chi connectivity index (χ0v) is 15.1. The molecule has 0 radical (unpaired) electrons. The van der Waals surface area contributed by atoms with E-state index in [0.29, 0.717) is 35.1 Å². The van der Waals surface area contributed by atoms with Crippen molar-refractivity contribution < 1.29 is 9.90 Å². The Morgan fingerprint density at radius 1 is 1.44 bits per heavy atom. The number of aliphatic hydroxyl groups is 1. The van der Waals surface area contributed by atoms with Crippen LogP contribution >= 0.6 is 11.3 Å². The van der Waals surface area contributed by atoms with Crippen LogP contribution in [0.2, 0.25) is 0 Å². The van der Waals surface area contributed by atoms with Crippen LogP contribution in [0.1, 0.15) is 30.8 Å². The van der Waals surface area contributed by atoms with E-state index in [-0.39, 0.29) is 18.6 Å². The van der Waals surface area contributed by atoms with Gasteiger partial charge in [-0.2, -0.15) is 11.3 Å². The van der Waals surface area contributed by atoms with Gasteiger partial charge in [-0.15, -0.1) is 0 Å². The highest BCUT2D eigenvalue weighted by Gasteiger charge is 2.24. The van der Waals surface area contributed by atoms with Crippen molar-refractivity contribution in [3.63, 3.8) is 0 Å². The number of nitrogens with two attached hydrogens (primary N) is 1. The summed E-state index contributed by atoms with van der Waals surface area (Å²) in [6.07, 6.45) is 2.48. The Balaban J connectivity index is 2.06. The molecule has 1 amide bonds. The molecular formula is C18H22N4O2S. The number of amides is 1. The molecule has 0 saturated carbocycles. The smallest absolute Gasteiger partial charge is 0.270 e. The average molecular weight is 358 g/mol. The second-order valence-corrected chi connectivity index (χ2v) is 7.24. The van der Waals surface area contributed by atoms with Crippen molar-refractivity contribution in [2.24, 2.45) is 5.92 Å². The standard InChI is InChI=1S/C18H22N4O2S/c1-11(2)8-13(9-23)20-18(24)16-15(12-5-7-25-10-12)21-17-14(19)4-3-6-22(16)17/h3-7,10-11,13,23H,8-9,19H2,1-2H3,(H,20,24)/t13-/m0/s1. The highest BCUT2D eigenvalue weighted by atomic mass is 32.1. The summed E-state index contributed by atoms with van der Waals surface area (Å²) in [5, 5.41) is 16.4. The number of thiophene rings is 1. The molecule has 0 spiro atoms. The van der Waals surface area contributed by atoms with E-state index in [4.69, 9.17) is 5.73 Å². The molecule has 0 aromatic carbocycles. The molecule has 3 rings (SSSR count). The summed E-state index contributed by atoms with van der Waals surface area (Å²) >= 11 is 1.54. The summed E-state index contributed by atoms with van der Waals surface area (Å²) in [7, 11) is 0. The molecule has 0 aliphatic rings. The first-order valence-electron chi connectivity index (χ1n) is 8.22. The minimum atomic E-state index is -0.297. The SMILES string of the molecule is CC(C)C[C@@H](CO)NC(=O)c1c(-c2ccsc2)nc2c(N)cccn12. The van der Waals surface area contributed by atoms with Crippen LogP contribution < -0.4 is 11.1 Å². The molecular weight excluding hydrogens is 336 g/mol. The lowest BCUT2D eigenvalue weighted by atomic mass is 10.0. The van der Waals surface area contributed by atoms with Gasteiger partial charge in [0.05, 0.1) is 18.3 Å². The summed E-state index contributed by atoms with van der Waals surface area (Å²) < 4.78 is 1.71. The molecule has 25 heavy (non-hydrogen) atoms. The van der Waals surface area contributed by atoms with Gasteiger partial charge in [0.15, 0.2) is 5.65 Å². The molecule has 4 N–H and O–H groups in total. The van der Waals surface area contributed by atoms with Crippen molar-refractivity contribution in [3.05, 3.63) is 40.8 Å². The first kappa shape index (κ1) is 17.4. The van der Waals surface area contributed by atoms with E-state index in [1.807, 2.05) is 16.8 Å². The maximum atomic E-state index is 13.0. The molecule has 0 fully saturated rings. The molecule has 1 atom stereocenters. The fourth-order valence-electron chi connectivity index (χ4n) is 2.91. The van der Waals surface area contributed by atoms with Crippen molar-refractivity contribution >= 4 is 28.6 Å². The van der Waals surface area contributed by atoms with Gasteiger partial charge in [-0.1, -0.05) is 13.8 Å². The number of nitrogens with one attached hydrogen (secondary N) is 1. The molecule has 3 heterocycles. The van der Waals surface area contributed by atoms with Gasteiger partial charge in [0.1, 0.15) is 11.4 Å². The minimum Gasteiger partial charge on any atom is -0.396 e. The number of fused-ring (bicyclic) bond motifs is 1. The summed E-state index contributed by atoms with van der Waals surface area (Å²) in [5.41, 5.74) is 9.01. The molecule has 0 bridgehead atoms. The van der Waals surface area contributed by atoms with Crippen LogP contribution in [-0.2, 0) is 0 Å². The Morgan fingerprint density at radius 3 is 2.88 bits per heavy atom. The third-order valence-corrected chi connectivity index (χ3v) is 4.68. The predicted molar refractivity (Wildman–Crippen MR) is 101 cm³/mol. The van der Waals surface area contributed by atoms with Crippen molar-refractivity contribution in [2.45, 2.75) is 26.3 Å². The molecule has 132 valence electrons. The van der Waals surface area contributed by atoms with Gasteiger partial charge in [-0.3, -0.25) is 9.20 Å². The lowest BCUT2D eigenvalue weighted by molar-refractivity contribution is 0.0903. The second-order valence-electron chi connectivity index (χ2n) is 6.46. The monoisotopic (exact) mass is 358 g/mol. The second kappa shape index (κ2) is 7.25. The van der Waals surface area contributed by atoms with Gasteiger partial charge in [-0.25, -0.2) is 4.98 Å². The van der Waals surface area contributed by atoms with Crippen molar-refractivity contribution in [2.75, 3.05) is 12.3 Å². The number of hydrogen-bond acceptors (Lipinski definition) is 5. The minimum absolute atomic E-state index is 0.101. The summed E-state index contributed by atoms with van der Waals surface area (Å²) in [5.74, 6) is 0.102. The Bertz CT molecular complexity index is 871. The van der Waals surface area contributed by atoms with E-state index in [0.717, 1.165) is 5.56 Å². The lowest BCUT2D eigenvalue weighted by Crippen LogP contribution is -2.39. The molecule has 7 heteroatoms. The Morgan fingerprint density at radius 2 is 2.24 bits per heavy atom. The van der Waals surface area contributed by atoms with Crippen molar-refractivity contribution in [1.82, 2.24) is 14.7 Å². The Labute approximate surface area is 150 Å². The van der Waals surface area contributed by atoms with Crippen LogP contribution in [0.5, 0.6) is 0 Å². The highest BCUT2D eigenvalue weighted by molar-refractivity contribution is 7.08. The highest BCUT2D eigenvalue weighted by Crippen LogP contribution is 2.28. The average Bonchev–Trinajstić information content (AvgIpc) is 3.21. The fourth-order valence-corrected chi connectivity index (χ4v) is 3.55. The van der Waals surface area contributed by atoms with Crippen LogP contribution in [0.4, 0.5) is 5.69 Å². The fraction of sp³-hybridized carbons (Fsp3) is 0.333. The molecule has 0 aliphatic heterocycles. The molecule has 3 aromatic rings. The third-order valence-electron chi connectivity index (χ3n) is 4.00. The Hall–Kier alpha value is -2.38. The van der Waals surface area contributed by atoms with Crippen LogP contribution in [0.25, 0.3) is 16.9 Å². The Kier molecular flexibility index (Phi) is 5.06. The number of anilines is 1. The van der Waals surface area contributed by atoms with E-state index in [2.05, 4.69) is 24.1 Å². The summed E-state index contributed by atoms with van der Waals surface area (Å²) in [6.45, 7) is 4.01. The number of imidazole rings is 1. The molecule has 0 aliphatic carbocycles. The topological polar surface area (TPSA) is 92.6 Å². The summed E-state index contributed by atoms with van der Waals surface area (Å²) in [6, 6.07) is 5.18. The van der Waals surface area contributed by atoms with E-state index in [9.17, 15) is 9.90 Å². The normalized spacial score (nSPS) is 12.6. The molecule has 0 unspecified atom stereocenters. The number of aromatic nitrogens is 2. The van der Waals surface area contributed by atoms with Crippen LogP contribution in [0.3, 0.4) is 0 Å². The quantitative estimate of drug-likeness (QED) is 0.632. The maximum absolute atomic E-state index is 13.0. The number of carbonyl (C=O) groups is 1. The predicted octanol–water partition coefficient (Wildman–Crippen LogP) is 2.78. The number of nitrogens with zero attached hydrogens (tertiary/aromatic N) is 2. The molecule has 3 aromatic heterocycles. The zero-order chi connectivity index (χ0) is 18.0. The number of carbonyl (C=O) groups excluding carboxylic acids is 1. The first-order chi connectivity index (χ1) is 12.0. The lowest BCUT2D eigenvalue weighted by Gasteiger charge is -2.18. The number of nitrogen functional groups attached to an aromatic ring is 1. The van der Waals surface area contributed by atoms with Crippen LogP contribution in [-0.4, -0.2) is 33.0 Å². The van der Waals surface area contributed by atoms with Crippen LogP contribution in [0, 0.1) is 5.92 Å². The zero-order valence-electron chi connectivity index (χ0n) is 14.3. The van der Waals surface area contributed by atoms with Gasteiger partial charge in [0.25, 0.3) is 5.91 Å². The summed E-state index contributed by atoms with van der Waals surface area (Å²) in [4.78, 5) is 17.6.